The van der Waals surface area contributed by atoms with Gasteiger partial charge in [-0.25, -0.2) is 4.79 Å². The van der Waals surface area contributed by atoms with Crippen LogP contribution >= 0.6 is 0 Å². The second kappa shape index (κ2) is 9.52. The van der Waals surface area contributed by atoms with Crippen molar-refractivity contribution in [2.24, 2.45) is 0 Å². The fourth-order valence-corrected chi connectivity index (χ4v) is 3.62. The summed E-state index contributed by atoms with van der Waals surface area (Å²) in [6.07, 6.45) is 0. The van der Waals surface area contributed by atoms with Crippen LogP contribution in [0.4, 0.5) is 5.69 Å². The molecule has 6 heteroatoms. The molecule has 0 spiro atoms. The molecule has 154 valence electrons. The van der Waals surface area contributed by atoms with Gasteiger partial charge in [0.15, 0.2) is 6.61 Å². The first kappa shape index (κ1) is 20.1. The van der Waals surface area contributed by atoms with E-state index in [0.717, 1.165) is 49.2 Å². The molecule has 4 rings (SSSR count). The number of esters is 1. The lowest BCUT2D eigenvalue weighted by atomic mass is 10.1. The van der Waals surface area contributed by atoms with Crippen molar-refractivity contribution in [1.29, 1.82) is 0 Å². The standard InChI is InChI=1S/C24H24N2O4/c27-23(25-22-7-3-5-19-4-1-2-6-21(19)22)17-30-24(28)20-10-8-18(9-11-20)16-26-12-14-29-15-13-26/h1-11H,12-17H2,(H,25,27)/p+1. The average Bonchev–Trinajstić information content (AvgIpc) is 2.79. The number of rotatable bonds is 6. The van der Waals surface area contributed by atoms with Gasteiger partial charge in [-0.05, 0) is 23.6 Å². The molecule has 6 nitrogen and oxygen atoms in total. The van der Waals surface area contributed by atoms with Crippen LogP contribution in [0.15, 0.2) is 66.7 Å². The third-order valence-electron chi connectivity index (χ3n) is 5.24. The second-order valence-corrected chi connectivity index (χ2v) is 7.39. The maximum atomic E-state index is 12.3. The van der Waals surface area contributed by atoms with Crippen molar-refractivity contribution in [3.05, 3.63) is 77.9 Å². The highest BCUT2D eigenvalue weighted by Gasteiger charge is 2.15. The Morgan fingerprint density at radius 1 is 0.933 bits per heavy atom. The van der Waals surface area contributed by atoms with E-state index in [1.807, 2.05) is 54.6 Å². The van der Waals surface area contributed by atoms with E-state index in [0.29, 0.717) is 11.3 Å². The normalized spacial score (nSPS) is 14.4. The van der Waals surface area contributed by atoms with E-state index in [1.165, 1.54) is 4.90 Å². The van der Waals surface area contributed by atoms with Crippen molar-refractivity contribution in [1.82, 2.24) is 0 Å². The van der Waals surface area contributed by atoms with Gasteiger partial charge in [-0.2, -0.15) is 0 Å². The molecule has 2 N–H and O–H groups in total. The molecule has 1 aliphatic rings. The zero-order valence-electron chi connectivity index (χ0n) is 16.7. The Hall–Kier alpha value is -3.22. The highest BCUT2D eigenvalue weighted by molar-refractivity contribution is 6.03. The average molecular weight is 405 g/mol. The number of benzene rings is 3. The van der Waals surface area contributed by atoms with Crippen LogP contribution in [-0.4, -0.2) is 44.8 Å². The summed E-state index contributed by atoms with van der Waals surface area (Å²) in [5.41, 5.74) is 2.30. The maximum absolute atomic E-state index is 12.3. The van der Waals surface area contributed by atoms with Crippen molar-refractivity contribution in [2.75, 3.05) is 38.2 Å². The summed E-state index contributed by atoms with van der Waals surface area (Å²) < 4.78 is 10.6. The SMILES string of the molecule is O=C(COC(=O)c1ccc(C[NH+]2CCOCC2)cc1)Nc1cccc2ccccc12. The lowest BCUT2D eigenvalue weighted by Crippen LogP contribution is -3.12. The van der Waals surface area contributed by atoms with Crippen molar-refractivity contribution in [2.45, 2.75) is 6.54 Å². The highest BCUT2D eigenvalue weighted by Crippen LogP contribution is 2.22. The number of amides is 1. The lowest BCUT2D eigenvalue weighted by molar-refractivity contribution is -0.921. The van der Waals surface area contributed by atoms with Gasteiger partial charge in [0.05, 0.1) is 18.8 Å². The number of hydrogen-bond acceptors (Lipinski definition) is 4. The second-order valence-electron chi connectivity index (χ2n) is 7.39. The van der Waals surface area contributed by atoms with Gasteiger partial charge < -0.3 is 19.7 Å². The van der Waals surface area contributed by atoms with E-state index in [4.69, 9.17) is 9.47 Å². The van der Waals surface area contributed by atoms with Crippen LogP contribution in [0.25, 0.3) is 10.8 Å². The maximum Gasteiger partial charge on any atom is 0.338 e. The molecule has 1 saturated heterocycles. The zero-order valence-corrected chi connectivity index (χ0v) is 16.7. The number of hydrogen-bond donors (Lipinski definition) is 2. The van der Waals surface area contributed by atoms with E-state index in [1.54, 1.807) is 12.1 Å². The summed E-state index contributed by atoms with van der Waals surface area (Å²) in [7, 11) is 0. The van der Waals surface area contributed by atoms with E-state index >= 15 is 0 Å². The zero-order chi connectivity index (χ0) is 20.8. The number of nitrogens with one attached hydrogen (secondary N) is 2. The number of carbonyl (C=O) groups excluding carboxylic acids is 2. The van der Waals surface area contributed by atoms with Gasteiger partial charge in [-0.3, -0.25) is 4.79 Å². The summed E-state index contributed by atoms with van der Waals surface area (Å²) >= 11 is 0. The minimum absolute atomic E-state index is 0.332. The first-order valence-corrected chi connectivity index (χ1v) is 10.1. The monoisotopic (exact) mass is 405 g/mol. The molecule has 0 aromatic heterocycles. The van der Waals surface area contributed by atoms with Crippen LogP contribution in [0.5, 0.6) is 0 Å². The Bertz CT molecular complexity index is 1020. The molecule has 0 bridgehead atoms. The van der Waals surface area contributed by atoms with Crippen LogP contribution in [0.2, 0.25) is 0 Å². The van der Waals surface area contributed by atoms with E-state index in [9.17, 15) is 9.59 Å². The number of anilines is 1. The van der Waals surface area contributed by atoms with E-state index in [2.05, 4.69) is 5.32 Å². The van der Waals surface area contributed by atoms with Crippen molar-refractivity contribution in [3.63, 3.8) is 0 Å². The molecule has 0 atom stereocenters. The fourth-order valence-electron chi connectivity index (χ4n) is 3.62. The molecule has 3 aromatic rings. The minimum Gasteiger partial charge on any atom is -0.452 e. The fraction of sp³-hybridized carbons (Fsp3) is 0.250. The van der Waals surface area contributed by atoms with Gasteiger partial charge in [-0.15, -0.1) is 0 Å². The van der Waals surface area contributed by atoms with Gasteiger partial charge in [0.1, 0.15) is 19.6 Å². The topological polar surface area (TPSA) is 69.1 Å². The van der Waals surface area contributed by atoms with E-state index in [-0.39, 0.29) is 12.5 Å². The van der Waals surface area contributed by atoms with Crippen LogP contribution in [0.3, 0.4) is 0 Å². The number of morpholine rings is 1. The smallest absolute Gasteiger partial charge is 0.338 e. The molecule has 1 amide bonds. The number of quaternary nitrogens is 1. The van der Waals surface area contributed by atoms with Gasteiger partial charge >= 0.3 is 5.97 Å². The predicted octanol–water partition coefficient (Wildman–Crippen LogP) is 2.05. The highest BCUT2D eigenvalue weighted by atomic mass is 16.5. The molecule has 30 heavy (non-hydrogen) atoms. The van der Waals surface area contributed by atoms with Gasteiger partial charge in [-0.1, -0.05) is 48.5 Å². The summed E-state index contributed by atoms with van der Waals surface area (Å²) in [6, 6.07) is 20.9. The Balaban J connectivity index is 1.30. The molecule has 1 fully saturated rings. The van der Waals surface area contributed by atoms with Crippen LogP contribution in [-0.2, 0) is 20.8 Å². The largest absolute Gasteiger partial charge is 0.452 e. The van der Waals surface area contributed by atoms with Crippen LogP contribution < -0.4 is 10.2 Å². The summed E-state index contributed by atoms with van der Waals surface area (Å²) in [4.78, 5) is 26.0. The Labute approximate surface area is 175 Å². The number of fused-ring (bicyclic) bond motifs is 1. The molecule has 1 heterocycles. The third kappa shape index (κ3) is 5.03. The minimum atomic E-state index is -0.506. The summed E-state index contributed by atoms with van der Waals surface area (Å²) in [5, 5.41) is 4.79. The summed E-state index contributed by atoms with van der Waals surface area (Å²) in [6.45, 7) is 4.15. The third-order valence-corrected chi connectivity index (χ3v) is 5.24. The Morgan fingerprint density at radius 3 is 2.47 bits per heavy atom. The van der Waals surface area contributed by atoms with Crippen LogP contribution in [0, 0.1) is 0 Å². The quantitative estimate of drug-likeness (QED) is 0.616. The first-order valence-electron chi connectivity index (χ1n) is 10.1. The molecule has 1 aliphatic heterocycles. The molecule has 3 aromatic carbocycles. The molecule has 0 aliphatic carbocycles. The van der Waals surface area contributed by atoms with Crippen molar-refractivity contribution >= 4 is 28.3 Å². The van der Waals surface area contributed by atoms with E-state index < -0.39 is 5.97 Å². The summed E-state index contributed by atoms with van der Waals surface area (Å²) in [5.74, 6) is -0.874. The molecular formula is C24H25N2O4+. The van der Waals surface area contributed by atoms with Crippen LogP contribution in [0.1, 0.15) is 15.9 Å². The molecular weight excluding hydrogens is 380 g/mol. The number of ether oxygens (including phenoxy) is 2. The van der Waals surface area contributed by atoms with Crippen molar-refractivity contribution in [3.8, 4) is 0 Å². The van der Waals surface area contributed by atoms with Gasteiger partial charge in [0, 0.05) is 16.6 Å². The molecule has 0 radical (unpaired) electrons. The molecule has 0 saturated carbocycles. The molecule has 0 unspecified atom stereocenters. The predicted molar refractivity (Wildman–Crippen MR) is 115 cm³/mol. The Morgan fingerprint density at radius 2 is 1.67 bits per heavy atom. The Kier molecular flexibility index (Phi) is 6.37. The first-order chi connectivity index (χ1) is 14.7. The van der Waals surface area contributed by atoms with Gasteiger partial charge in [0.25, 0.3) is 5.91 Å². The van der Waals surface area contributed by atoms with Gasteiger partial charge in [0.2, 0.25) is 0 Å². The number of carbonyl (C=O) groups is 2. The lowest BCUT2D eigenvalue weighted by Gasteiger charge is -2.23. The van der Waals surface area contributed by atoms with Crippen molar-refractivity contribution < 1.29 is 24.0 Å².